The van der Waals surface area contributed by atoms with Gasteiger partial charge in [-0.1, -0.05) is 206 Å². The molecule has 3 heteroatoms. The molecule has 3 nitrogen and oxygen atoms in total. The lowest BCUT2D eigenvalue weighted by Gasteiger charge is -2.26. The van der Waals surface area contributed by atoms with E-state index in [0.29, 0.717) is 0 Å². The smallest absolute Gasteiger partial charge is 0.0547 e. The summed E-state index contributed by atoms with van der Waals surface area (Å²) in [5.41, 5.74) is 22.3. The highest BCUT2D eigenvalue weighted by atomic mass is 15.1. The summed E-state index contributed by atoms with van der Waals surface area (Å²) in [5.74, 6) is 0. The Bertz CT molecular complexity index is 4330. The predicted octanol–water partition coefficient (Wildman–Crippen LogP) is 19.7. The first-order valence-corrected chi connectivity index (χ1v) is 25.7. The van der Waals surface area contributed by atoms with E-state index >= 15 is 0 Å². The molecule has 14 rings (SSSR count). The van der Waals surface area contributed by atoms with Gasteiger partial charge in [-0.15, -0.1) is 0 Å². The fraction of sp³-hybridized carbons (Fsp3) is 0. The number of fused-ring (bicyclic) bond motifs is 6. The molecule has 0 aliphatic heterocycles. The fourth-order valence-electron chi connectivity index (χ4n) is 11.2. The van der Waals surface area contributed by atoms with Gasteiger partial charge >= 0.3 is 0 Å². The lowest BCUT2D eigenvalue weighted by molar-refractivity contribution is 1.18. The van der Waals surface area contributed by atoms with Crippen LogP contribution in [0, 0.1) is 0 Å². The second-order valence-electron chi connectivity index (χ2n) is 19.3. The van der Waals surface area contributed by atoms with Crippen molar-refractivity contribution in [3.8, 4) is 67.0 Å². The highest BCUT2D eigenvalue weighted by Gasteiger charge is 2.18. The van der Waals surface area contributed by atoms with Gasteiger partial charge in [-0.25, -0.2) is 0 Å². The van der Waals surface area contributed by atoms with Gasteiger partial charge in [-0.05, 0) is 147 Å². The van der Waals surface area contributed by atoms with Gasteiger partial charge in [0, 0.05) is 50.0 Å². The van der Waals surface area contributed by atoms with Crippen LogP contribution in [0.15, 0.2) is 297 Å². The zero-order valence-corrected chi connectivity index (χ0v) is 41.1. The standard InChI is InChI=1S/C72H49N3/c1-4-14-50(15-5-1)51-24-26-52(27-25-51)54-32-40-62(41-33-54)73(64-44-36-57(37-45-64)58-39-47-71-68(48-58)66-21-11-13-23-70(66)74(71)60-16-6-2-7-17-60)63-42-34-55(35-43-63)53-28-30-56(31-29-53)59-38-46-67-65-20-10-12-22-69(65)75(72(67)49-59)61-18-8-3-9-19-61/h1-49H. The van der Waals surface area contributed by atoms with Crippen molar-refractivity contribution in [1.29, 1.82) is 0 Å². The van der Waals surface area contributed by atoms with Crippen molar-refractivity contribution >= 4 is 60.7 Å². The average Bonchev–Trinajstić information content (AvgIpc) is 4.01. The minimum Gasteiger partial charge on any atom is -0.311 e. The molecule has 2 heterocycles. The third-order valence-corrected chi connectivity index (χ3v) is 15.0. The number of nitrogens with zero attached hydrogens (tertiary/aromatic N) is 3. The van der Waals surface area contributed by atoms with E-state index in [2.05, 4.69) is 311 Å². The molecule has 12 aromatic carbocycles. The molecule has 0 N–H and O–H groups in total. The molecule has 0 bridgehead atoms. The van der Waals surface area contributed by atoms with Crippen LogP contribution >= 0.6 is 0 Å². The first-order valence-electron chi connectivity index (χ1n) is 25.7. The Hall–Kier alpha value is -9.96. The number of benzene rings is 12. The molecule has 0 unspecified atom stereocenters. The van der Waals surface area contributed by atoms with E-state index in [1.54, 1.807) is 0 Å². The van der Waals surface area contributed by atoms with Gasteiger partial charge in [0.15, 0.2) is 0 Å². The summed E-state index contributed by atoms with van der Waals surface area (Å²) in [7, 11) is 0. The van der Waals surface area contributed by atoms with Crippen molar-refractivity contribution in [1.82, 2.24) is 9.13 Å². The van der Waals surface area contributed by atoms with Gasteiger partial charge in [0.2, 0.25) is 0 Å². The summed E-state index contributed by atoms with van der Waals surface area (Å²) in [6, 6.07) is 108. The molecule has 0 aliphatic rings. The monoisotopic (exact) mass is 955 g/mol. The molecule has 0 atom stereocenters. The minimum absolute atomic E-state index is 1.08. The Balaban J connectivity index is 0.790. The summed E-state index contributed by atoms with van der Waals surface area (Å²) < 4.78 is 4.75. The van der Waals surface area contributed by atoms with E-state index < -0.39 is 0 Å². The Kier molecular flexibility index (Phi) is 10.8. The predicted molar refractivity (Wildman–Crippen MR) is 317 cm³/mol. The summed E-state index contributed by atoms with van der Waals surface area (Å²) in [6.45, 7) is 0. The van der Waals surface area contributed by atoms with Crippen molar-refractivity contribution in [3.63, 3.8) is 0 Å². The Morgan fingerprint density at radius 2 is 0.480 bits per heavy atom. The van der Waals surface area contributed by atoms with Gasteiger partial charge in [0.1, 0.15) is 0 Å². The van der Waals surface area contributed by atoms with Crippen molar-refractivity contribution < 1.29 is 0 Å². The maximum atomic E-state index is 2.38. The Morgan fingerprint density at radius 3 is 0.947 bits per heavy atom. The van der Waals surface area contributed by atoms with Crippen LogP contribution in [0.5, 0.6) is 0 Å². The van der Waals surface area contributed by atoms with Crippen LogP contribution in [-0.4, -0.2) is 9.13 Å². The molecule has 0 spiro atoms. The molecule has 75 heavy (non-hydrogen) atoms. The van der Waals surface area contributed by atoms with E-state index in [4.69, 9.17) is 0 Å². The van der Waals surface area contributed by atoms with E-state index in [9.17, 15) is 0 Å². The molecular formula is C72H49N3. The second-order valence-corrected chi connectivity index (χ2v) is 19.3. The summed E-state index contributed by atoms with van der Waals surface area (Å²) in [5, 5.41) is 5.01. The molecule has 0 radical (unpaired) electrons. The van der Waals surface area contributed by atoms with Crippen LogP contribution in [0.1, 0.15) is 0 Å². The third kappa shape index (κ3) is 7.95. The number of rotatable bonds is 10. The van der Waals surface area contributed by atoms with Crippen molar-refractivity contribution in [2.45, 2.75) is 0 Å². The normalized spacial score (nSPS) is 11.5. The van der Waals surface area contributed by atoms with Gasteiger partial charge in [0.25, 0.3) is 0 Å². The maximum absolute atomic E-state index is 2.38. The quantitative estimate of drug-likeness (QED) is 0.133. The van der Waals surface area contributed by atoms with E-state index in [-0.39, 0.29) is 0 Å². The maximum Gasteiger partial charge on any atom is 0.0547 e. The number of hydrogen-bond acceptors (Lipinski definition) is 1. The van der Waals surface area contributed by atoms with Gasteiger partial charge in [0.05, 0.1) is 22.1 Å². The molecule has 0 saturated carbocycles. The van der Waals surface area contributed by atoms with Crippen LogP contribution in [0.3, 0.4) is 0 Å². The molecule has 0 aliphatic carbocycles. The third-order valence-electron chi connectivity index (χ3n) is 15.0. The topological polar surface area (TPSA) is 13.1 Å². The summed E-state index contributed by atoms with van der Waals surface area (Å²) in [6.07, 6.45) is 0. The largest absolute Gasteiger partial charge is 0.311 e. The highest BCUT2D eigenvalue weighted by Crippen LogP contribution is 2.41. The second kappa shape index (κ2) is 18.6. The summed E-state index contributed by atoms with van der Waals surface area (Å²) >= 11 is 0. The fourth-order valence-corrected chi connectivity index (χ4v) is 11.2. The summed E-state index contributed by atoms with van der Waals surface area (Å²) in [4.78, 5) is 2.36. The number of para-hydroxylation sites is 4. The van der Waals surface area contributed by atoms with Crippen LogP contribution in [0.2, 0.25) is 0 Å². The number of anilines is 3. The van der Waals surface area contributed by atoms with E-state index in [1.807, 2.05) is 0 Å². The molecule has 14 aromatic rings. The molecule has 0 amide bonds. The SMILES string of the molecule is c1ccc(-c2ccc(-c3ccc(N(c4ccc(-c5ccc(-c6ccc7c8ccccc8n(-c8ccccc8)c7c6)cc5)cc4)c4ccc(-c5ccc6c(c5)c5ccccc5n6-c5ccccc5)cc4)cc3)cc2)cc1. The van der Waals surface area contributed by atoms with Crippen LogP contribution in [0.4, 0.5) is 17.1 Å². The van der Waals surface area contributed by atoms with E-state index in [0.717, 1.165) is 28.4 Å². The van der Waals surface area contributed by atoms with Crippen molar-refractivity contribution in [2.24, 2.45) is 0 Å². The lowest BCUT2D eigenvalue weighted by atomic mass is 9.99. The molecular weight excluding hydrogens is 907 g/mol. The zero-order valence-electron chi connectivity index (χ0n) is 41.1. The Morgan fingerprint density at radius 1 is 0.187 bits per heavy atom. The van der Waals surface area contributed by atoms with E-state index in [1.165, 1.54) is 99.2 Å². The molecule has 352 valence electrons. The average molecular weight is 956 g/mol. The van der Waals surface area contributed by atoms with Gasteiger partial charge in [-0.3, -0.25) is 0 Å². The van der Waals surface area contributed by atoms with Crippen LogP contribution in [0.25, 0.3) is 111 Å². The van der Waals surface area contributed by atoms with Crippen LogP contribution < -0.4 is 4.90 Å². The number of aromatic nitrogens is 2. The lowest BCUT2D eigenvalue weighted by Crippen LogP contribution is -2.09. The van der Waals surface area contributed by atoms with Gasteiger partial charge < -0.3 is 14.0 Å². The first kappa shape index (κ1) is 43.8. The minimum atomic E-state index is 1.08. The Labute approximate surface area is 436 Å². The van der Waals surface area contributed by atoms with Crippen molar-refractivity contribution in [2.75, 3.05) is 4.90 Å². The van der Waals surface area contributed by atoms with Crippen LogP contribution in [-0.2, 0) is 0 Å². The highest BCUT2D eigenvalue weighted by molar-refractivity contribution is 6.11. The first-order chi connectivity index (χ1) is 37.2. The van der Waals surface area contributed by atoms with Gasteiger partial charge in [-0.2, -0.15) is 0 Å². The van der Waals surface area contributed by atoms with Crippen molar-refractivity contribution in [3.05, 3.63) is 297 Å². The number of hydrogen-bond donors (Lipinski definition) is 0. The zero-order chi connectivity index (χ0) is 49.7. The molecule has 0 fully saturated rings. The molecule has 0 saturated heterocycles. The molecule has 2 aromatic heterocycles.